The van der Waals surface area contributed by atoms with Gasteiger partial charge in [-0.2, -0.15) is 9.65 Å². The van der Waals surface area contributed by atoms with Crippen LogP contribution in [-0.4, -0.2) is 12.1 Å². The average Bonchev–Trinajstić information content (AvgIpc) is 2.76. The van der Waals surface area contributed by atoms with E-state index in [-0.39, 0.29) is 23.9 Å². The van der Waals surface area contributed by atoms with Gasteiger partial charge in [-0.05, 0) is 87.0 Å². The number of ether oxygens (including phenoxy) is 1. The van der Waals surface area contributed by atoms with E-state index in [1.54, 1.807) is 12.1 Å². The van der Waals surface area contributed by atoms with E-state index in [0.29, 0.717) is 18.8 Å². The molecule has 0 aromatic heterocycles. The maximum atomic E-state index is 13.5. The molecule has 0 aliphatic heterocycles. The van der Waals surface area contributed by atoms with Crippen LogP contribution >= 0.6 is 0 Å². The molecule has 0 unspecified atom stereocenters. The highest BCUT2D eigenvalue weighted by Crippen LogP contribution is 2.37. The summed E-state index contributed by atoms with van der Waals surface area (Å²) in [5, 5.41) is 8.39. The second-order valence-corrected chi connectivity index (χ2v) is 8.21. The maximum absolute atomic E-state index is 13.5. The molecule has 160 valence electrons. The van der Waals surface area contributed by atoms with E-state index >= 15 is 0 Å². The number of benzene rings is 1. The number of nitrogens with zero attached hydrogens (tertiary/aromatic N) is 1. The molecule has 6 heteroatoms. The van der Waals surface area contributed by atoms with Crippen molar-refractivity contribution in [2.24, 2.45) is 11.8 Å². The highest BCUT2D eigenvalue weighted by atomic mass is 19.2. The largest absolute Gasteiger partial charge is 0.462 e. The minimum Gasteiger partial charge on any atom is -0.462 e. The molecule has 2 fully saturated rings. The van der Waals surface area contributed by atoms with Crippen LogP contribution in [0.2, 0.25) is 0 Å². The molecule has 3 rings (SSSR count). The first-order chi connectivity index (χ1) is 14.5. The van der Waals surface area contributed by atoms with E-state index in [1.165, 1.54) is 12.1 Å². The van der Waals surface area contributed by atoms with Gasteiger partial charge in [0.15, 0.2) is 17.5 Å². The SMILES string of the molecule is N#CC(F)=CC=CC1CCC(OC(=O)C2CCC(c3ccc(F)c(F)c3)CC2)CC1. The zero-order valence-electron chi connectivity index (χ0n) is 16.8. The topological polar surface area (TPSA) is 50.1 Å². The molecule has 0 bridgehead atoms. The Morgan fingerprint density at radius 3 is 2.37 bits per heavy atom. The summed E-state index contributed by atoms with van der Waals surface area (Å²) in [6.45, 7) is 0. The van der Waals surface area contributed by atoms with Crippen molar-refractivity contribution >= 4 is 5.97 Å². The number of halogens is 3. The molecule has 0 atom stereocenters. The predicted octanol–water partition coefficient (Wildman–Crippen LogP) is 6.27. The normalized spacial score (nSPS) is 27.6. The number of esters is 1. The van der Waals surface area contributed by atoms with Crippen molar-refractivity contribution in [3.8, 4) is 6.07 Å². The van der Waals surface area contributed by atoms with Gasteiger partial charge in [-0.25, -0.2) is 8.78 Å². The first kappa shape index (κ1) is 22.1. The van der Waals surface area contributed by atoms with E-state index < -0.39 is 17.5 Å². The lowest BCUT2D eigenvalue weighted by atomic mass is 9.78. The molecule has 30 heavy (non-hydrogen) atoms. The Morgan fingerprint density at radius 1 is 1.03 bits per heavy atom. The molecule has 2 aliphatic carbocycles. The van der Waals surface area contributed by atoms with Gasteiger partial charge in [-0.1, -0.05) is 18.2 Å². The average molecular weight is 417 g/mol. The Hall–Kier alpha value is -2.55. The van der Waals surface area contributed by atoms with E-state index in [4.69, 9.17) is 10.00 Å². The highest BCUT2D eigenvalue weighted by Gasteiger charge is 2.31. The summed E-state index contributed by atoms with van der Waals surface area (Å²) in [5.41, 5.74) is 0.789. The number of allylic oxidation sites excluding steroid dienone is 4. The smallest absolute Gasteiger partial charge is 0.309 e. The lowest BCUT2D eigenvalue weighted by Crippen LogP contribution is -2.29. The van der Waals surface area contributed by atoms with Crippen LogP contribution < -0.4 is 0 Å². The van der Waals surface area contributed by atoms with Crippen LogP contribution in [0.1, 0.15) is 62.8 Å². The van der Waals surface area contributed by atoms with Crippen molar-refractivity contribution in [1.82, 2.24) is 0 Å². The summed E-state index contributed by atoms with van der Waals surface area (Å²) < 4.78 is 45.1. The van der Waals surface area contributed by atoms with Crippen LogP contribution in [0.4, 0.5) is 13.2 Å². The Balaban J connectivity index is 1.41. The molecule has 0 radical (unpaired) electrons. The summed E-state index contributed by atoms with van der Waals surface area (Å²) in [6, 6.07) is 5.48. The fourth-order valence-corrected chi connectivity index (χ4v) is 4.42. The Kier molecular flexibility index (Phi) is 7.73. The van der Waals surface area contributed by atoms with Gasteiger partial charge in [-0.15, -0.1) is 0 Å². The number of carbonyl (C=O) groups excluding carboxylic acids is 1. The molecule has 2 saturated carbocycles. The third kappa shape index (κ3) is 5.98. The van der Waals surface area contributed by atoms with Gasteiger partial charge in [0.05, 0.1) is 5.92 Å². The summed E-state index contributed by atoms with van der Waals surface area (Å²) in [4.78, 5) is 12.5. The van der Waals surface area contributed by atoms with Crippen molar-refractivity contribution in [3.63, 3.8) is 0 Å². The molecule has 1 aromatic rings. The number of hydrogen-bond acceptors (Lipinski definition) is 3. The van der Waals surface area contributed by atoms with Crippen molar-refractivity contribution in [1.29, 1.82) is 5.26 Å². The molecule has 0 spiro atoms. The summed E-state index contributed by atoms with van der Waals surface area (Å²) >= 11 is 0. The van der Waals surface area contributed by atoms with Gasteiger partial charge in [0.25, 0.3) is 0 Å². The van der Waals surface area contributed by atoms with Gasteiger partial charge >= 0.3 is 5.97 Å². The van der Waals surface area contributed by atoms with Crippen molar-refractivity contribution in [3.05, 3.63) is 59.5 Å². The summed E-state index contributed by atoms with van der Waals surface area (Å²) in [7, 11) is 0. The zero-order valence-corrected chi connectivity index (χ0v) is 16.8. The first-order valence-corrected chi connectivity index (χ1v) is 10.6. The third-order valence-electron chi connectivity index (χ3n) is 6.21. The molecule has 3 nitrogen and oxygen atoms in total. The molecule has 0 saturated heterocycles. The van der Waals surface area contributed by atoms with Gasteiger partial charge in [-0.3, -0.25) is 4.79 Å². The van der Waals surface area contributed by atoms with E-state index in [9.17, 15) is 18.0 Å². The Bertz CT molecular complexity index is 842. The Morgan fingerprint density at radius 2 is 1.73 bits per heavy atom. The Labute approximate surface area is 175 Å². The van der Waals surface area contributed by atoms with Crippen molar-refractivity contribution in [2.75, 3.05) is 0 Å². The maximum Gasteiger partial charge on any atom is 0.309 e. The minimum atomic E-state index is -0.841. The van der Waals surface area contributed by atoms with E-state index in [2.05, 4.69) is 0 Å². The van der Waals surface area contributed by atoms with Crippen LogP contribution in [0.5, 0.6) is 0 Å². The number of hydrogen-bond donors (Lipinski definition) is 0. The van der Waals surface area contributed by atoms with Crippen LogP contribution in [-0.2, 0) is 9.53 Å². The third-order valence-corrected chi connectivity index (χ3v) is 6.21. The molecule has 2 aliphatic rings. The minimum absolute atomic E-state index is 0.0857. The van der Waals surface area contributed by atoms with E-state index in [1.807, 2.05) is 6.08 Å². The highest BCUT2D eigenvalue weighted by molar-refractivity contribution is 5.72. The fourth-order valence-electron chi connectivity index (χ4n) is 4.42. The van der Waals surface area contributed by atoms with Crippen LogP contribution in [0.3, 0.4) is 0 Å². The number of nitriles is 1. The monoisotopic (exact) mass is 417 g/mol. The standard InChI is InChI=1S/C24H26F3NO2/c25-20(15-28)3-1-2-16-4-11-21(12-5-16)30-24(29)18-8-6-17(7-9-18)19-10-13-22(26)23(27)14-19/h1-3,10,13-14,16-18,21H,4-9,11-12H2. The number of carbonyl (C=O) groups is 1. The second-order valence-electron chi connectivity index (χ2n) is 8.21. The van der Waals surface area contributed by atoms with Gasteiger partial charge in [0, 0.05) is 0 Å². The van der Waals surface area contributed by atoms with Crippen LogP contribution in [0, 0.1) is 34.8 Å². The number of rotatable bonds is 5. The molecular formula is C24H26F3NO2. The summed E-state index contributed by atoms with van der Waals surface area (Å²) in [6.07, 6.45) is 10.7. The van der Waals surface area contributed by atoms with Gasteiger partial charge < -0.3 is 4.74 Å². The quantitative estimate of drug-likeness (QED) is 0.322. The lowest BCUT2D eigenvalue weighted by molar-refractivity contribution is -0.157. The fraction of sp³-hybridized carbons (Fsp3) is 0.500. The lowest BCUT2D eigenvalue weighted by Gasteiger charge is -2.31. The molecule has 0 N–H and O–H groups in total. The molecule has 0 heterocycles. The van der Waals surface area contributed by atoms with Crippen LogP contribution in [0.25, 0.3) is 0 Å². The van der Waals surface area contributed by atoms with Crippen LogP contribution in [0.15, 0.2) is 42.3 Å². The zero-order chi connectivity index (χ0) is 21.5. The molecule has 1 aromatic carbocycles. The first-order valence-electron chi connectivity index (χ1n) is 10.6. The van der Waals surface area contributed by atoms with Crippen molar-refractivity contribution in [2.45, 2.75) is 63.4 Å². The van der Waals surface area contributed by atoms with Gasteiger partial charge in [0.1, 0.15) is 12.2 Å². The van der Waals surface area contributed by atoms with Crippen molar-refractivity contribution < 1.29 is 22.7 Å². The second kappa shape index (κ2) is 10.5. The summed E-state index contributed by atoms with van der Waals surface area (Å²) in [5.74, 6) is -2.33. The van der Waals surface area contributed by atoms with Gasteiger partial charge in [0.2, 0.25) is 0 Å². The molecular weight excluding hydrogens is 391 g/mol. The predicted molar refractivity (Wildman–Crippen MR) is 107 cm³/mol. The molecule has 0 amide bonds. The van der Waals surface area contributed by atoms with E-state index in [0.717, 1.165) is 56.2 Å².